The molecule has 106 valence electrons. The highest BCUT2D eigenvalue weighted by Crippen LogP contribution is 2.10. The van der Waals surface area contributed by atoms with Gasteiger partial charge in [0.1, 0.15) is 11.6 Å². The number of aryl methyl sites for hydroxylation is 1. The van der Waals surface area contributed by atoms with Crippen LogP contribution in [0.1, 0.15) is 21.7 Å². The van der Waals surface area contributed by atoms with Crippen LogP contribution in [-0.2, 0) is 6.54 Å². The number of hydrogen-bond acceptors (Lipinski definition) is 4. The SMILES string of the molecule is Cc1nccn1-c1cc(CNC(=O)c2ccsc2)ccn1. The van der Waals surface area contributed by atoms with E-state index in [-0.39, 0.29) is 5.91 Å². The molecule has 3 aromatic heterocycles. The number of carbonyl (C=O) groups excluding carboxylic acids is 1. The minimum Gasteiger partial charge on any atom is -0.348 e. The van der Waals surface area contributed by atoms with Crippen LogP contribution >= 0.6 is 11.3 Å². The Bertz CT molecular complexity index is 749. The van der Waals surface area contributed by atoms with Gasteiger partial charge in [-0.2, -0.15) is 11.3 Å². The molecule has 6 heteroatoms. The van der Waals surface area contributed by atoms with Crippen molar-refractivity contribution in [3.05, 3.63) is 64.5 Å². The molecule has 0 saturated heterocycles. The molecule has 21 heavy (non-hydrogen) atoms. The summed E-state index contributed by atoms with van der Waals surface area (Å²) in [6.45, 7) is 2.39. The second kappa shape index (κ2) is 5.88. The first-order valence-corrected chi connectivity index (χ1v) is 7.44. The van der Waals surface area contributed by atoms with Gasteiger partial charge in [0.15, 0.2) is 0 Å². The summed E-state index contributed by atoms with van der Waals surface area (Å²) in [6, 6.07) is 5.65. The van der Waals surface area contributed by atoms with E-state index >= 15 is 0 Å². The van der Waals surface area contributed by atoms with Crippen molar-refractivity contribution in [1.29, 1.82) is 0 Å². The number of aromatic nitrogens is 3. The van der Waals surface area contributed by atoms with Crippen molar-refractivity contribution in [3.63, 3.8) is 0 Å². The number of amides is 1. The summed E-state index contributed by atoms with van der Waals surface area (Å²) in [5.74, 6) is 1.61. The van der Waals surface area contributed by atoms with Gasteiger partial charge in [0.2, 0.25) is 0 Å². The molecule has 0 unspecified atom stereocenters. The number of imidazole rings is 1. The summed E-state index contributed by atoms with van der Waals surface area (Å²) in [6.07, 6.45) is 5.34. The molecule has 0 radical (unpaired) electrons. The first-order valence-electron chi connectivity index (χ1n) is 6.50. The van der Waals surface area contributed by atoms with Gasteiger partial charge < -0.3 is 5.32 Å². The Hall–Kier alpha value is -2.47. The fourth-order valence-corrected chi connectivity index (χ4v) is 2.64. The molecule has 3 heterocycles. The van der Waals surface area contributed by atoms with Crippen LogP contribution in [0, 0.1) is 6.92 Å². The molecule has 1 N–H and O–H groups in total. The van der Waals surface area contributed by atoms with Crippen molar-refractivity contribution >= 4 is 17.2 Å². The maximum absolute atomic E-state index is 11.9. The van der Waals surface area contributed by atoms with Crippen LogP contribution in [0.15, 0.2) is 47.5 Å². The Balaban J connectivity index is 1.72. The summed E-state index contributed by atoms with van der Waals surface area (Å²) in [7, 11) is 0. The monoisotopic (exact) mass is 298 g/mol. The van der Waals surface area contributed by atoms with E-state index in [0.717, 1.165) is 17.2 Å². The van der Waals surface area contributed by atoms with E-state index in [0.29, 0.717) is 12.1 Å². The average molecular weight is 298 g/mol. The van der Waals surface area contributed by atoms with Gasteiger partial charge in [0.05, 0.1) is 0 Å². The maximum Gasteiger partial charge on any atom is 0.252 e. The van der Waals surface area contributed by atoms with E-state index in [2.05, 4.69) is 15.3 Å². The van der Waals surface area contributed by atoms with Crippen LogP contribution in [0.4, 0.5) is 0 Å². The lowest BCUT2D eigenvalue weighted by Crippen LogP contribution is -2.22. The molecule has 0 aromatic carbocycles. The molecule has 0 fully saturated rings. The van der Waals surface area contributed by atoms with E-state index < -0.39 is 0 Å². The summed E-state index contributed by atoms with van der Waals surface area (Å²) in [5.41, 5.74) is 1.69. The summed E-state index contributed by atoms with van der Waals surface area (Å²) in [4.78, 5) is 20.4. The zero-order chi connectivity index (χ0) is 14.7. The van der Waals surface area contributed by atoms with Crippen molar-refractivity contribution in [2.24, 2.45) is 0 Å². The van der Waals surface area contributed by atoms with E-state index in [1.54, 1.807) is 12.4 Å². The second-order valence-electron chi connectivity index (χ2n) is 4.56. The van der Waals surface area contributed by atoms with Gasteiger partial charge in [-0.05, 0) is 36.1 Å². The molecule has 0 atom stereocenters. The minimum absolute atomic E-state index is 0.0616. The van der Waals surface area contributed by atoms with Crippen LogP contribution in [0.2, 0.25) is 0 Å². The molecule has 3 aromatic rings. The first-order chi connectivity index (χ1) is 10.2. The fraction of sp³-hybridized carbons (Fsp3) is 0.133. The lowest BCUT2D eigenvalue weighted by Gasteiger charge is -2.07. The lowest BCUT2D eigenvalue weighted by atomic mass is 10.2. The van der Waals surface area contributed by atoms with Gasteiger partial charge in [-0.25, -0.2) is 9.97 Å². The minimum atomic E-state index is -0.0616. The van der Waals surface area contributed by atoms with Gasteiger partial charge in [-0.1, -0.05) is 0 Å². The highest BCUT2D eigenvalue weighted by atomic mass is 32.1. The van der Waals surface area contributed by atoms with Crippen LogP contribution in [0.5, 0.6) is 0 Å². The number of rotatable bonds is 4. The van der Waals surface area contributed by atoms with Gasteiger partial charge >= 0.3 is 0 Å². The third kappa shape index (κ3) is 3.00. The van der Waals surface area contributed by atoms with Crippen LogP contribution < -0.4 is 5.32 Å². The number of pyridine rings is 1. The van der Waals surface area contributed by atoms with Gasteiger partial charge in [0, 0.05) is 36.1 Å². The third-order valence-electron chi connectivity index (χ3n) is 3.12. The topological polar surface area (TPSA) is 59.8 Å². The molecule has 3 rings (SSSR count). The molecule has 5 nitrogen and oxygen atoms in total. The summed E-state index contributed by atoms with van der Waals surface area (Å²) in [5, 5.41) is 6.63. The van der Waals surface area contributed by atoms with Gasteiger partial charge in [-0.15, -0.1) is 0 Å². The van der Waals surface area contributed by atoms with Crippen LogP contribution in [-0.4, -0.2) is 20.4 Å². The number of nitrogens with zero attached hydrogens (tertiary/aromatic N) is 3. The Morgan fingerprint density at radius 2 is 2.24 bits per heavy atom. The Labute approximate surface area is 126 Å². The molecular formula is C15H14N4OS. The molecule has 0 bridgehead atoms. The number of carbonyl (C=O) groups is 1. The number of hydrogen-bond donors (Lipinski definition) is 1. The molecule has 0 aliphatic carbocycles. The van der Waals surface area contributed by atoms with E-state index in [9.17, 15) is 4.79 Å². The molecule has 0 aliphatic rings. The van der Waals surface area contributed by atoms with Crippen molar-refractivity contribution in [3.8, 4) is 5.82 Å². The summed E-state index contributed by atoms with van der Waals surface area (Å²) < 4.78 is 1.91. The normalized spacial score (nSPS) is 10.5. The van der Waals surface area contributed by atoms with Gasteiger partial charge in [0.25, 0.3) is 5.91 Å². The smallest absolute Gasteiger partial charge is 0.252 e. The Morgan fingerprint density at radius 3 is 2.95 bits per heavy atom. The predicted octanol–water partition coefficient (Wildman–Crippen LogP) is 2.57. The van der Waals surface area contributed by atoms with Crippen LogP contribution in [0.3, 0.4) is 0 Å². The fourth-order valence-electron chi connectivity index (χ4n) is 2.00. The highest BCUT2D eigenvalue weighted by Gasteiger charge is 2.07. The van der Waals surface area contributed by atoms with Crippen molar-refractivity contribution in [1.82, 2.24) is 19.9 Å². The number of thiophene rings is 1. The molecule has 0 saturated carbocycles. The van der Waals surface area contributed by atoms with Crippen LogP contribution in [0.25, 0.3) is 5.82 Å². The second-order valence-corrected chi connectivity index (χ2v) is 5.34. The van der Waals surface area contributed by atoms with E-state index in [1.165, 1.54) is 11.3 Å². The number of nitrogens with one attached hydrogen (secondary N) is 1. The van der Waals surface area contributed by atoms with Crippen molar-refractivity contribution in [2.75, 3.05) is 0 Å². The molecule has 0 spiro atoms. The largest absolute Gasteiger partial charge is 0.348 e. The lowest BCUT2D eigenvalue weighted by molar-refractivity contribution is 0.0951. The first kappa shape index (κ1) is 13.5. The quantitative estimate of drug-likeness (QED) is 0.805. The maximum atomic E-state index is 11.9. The zero-order valence-electron chi connectivity index (χ0n) is 11.5. The zero-order valence-corrected chi connectivity index (χ0v) is 12.3. The molecular weight excluding hydrogens is 284 g/mol. The van der Waals surface area contributed by atoms with E-state index in [4.69, 9.17) is 0 Å². The Kier molecular flexibility index (Phi) is 3.79. The predicted molar refractivity (Wildman–Crippen MR) is 81.6 cm³/mol. The van der Waals surface area contributed by atoms with Crippen molar-refractivity contribution < 1.29 is 4.79 Å². The van der Waals surface area contributed by atoms with Crippen molar-refractivity contribution in [2.45, 2.75) is 13.5 Å². The molecule has 0 aliphatic heterocycles. The average Bonchev–Trinajstić information content (AvgIpc) is 3.16. The highest BCUT2D eigenvalue weighted by molar-refractivity contribution is 7.08. The van der Waals surface area contributed by atoms with E-state index in [1.807, 2.05) is 46.6 Å². The summed E-state index contributed by atoms with van der Waals surface area (Å²) >= 11 is 1.51. The Morgan fingerprint density at radius 1 is 1.33 bits per heavy atom. The van der Waals surface area contributed by atoms with Gasteiger partial charge in [-0.3, -0.25) is 9.36 Å². The standard InChI is InChI=1S/C15H14N4OS/c1-11-16-5-6-19(11)14-8-12(2-4-17-14)9-18-15(20)13-3-7-21-10-13/h2-8,10H,9H2,1H3,(H,18,20). The third-order valence-corrected chi connectivity index (χ3v) is 3.80. The molecule has 1 amide bonds.